The van der Waals surface area contributed by atoms with E-state index in [1.54, 1.807) is 0 Å². The maximum absolute atomic E-state index is 12.5. The summed E-state index contributed by atoms with van der Waals surface area (Å²) in [7, 11) is 0. The summed E-state index contributed by atoms with van der Waals surface area (Å²) in [6.45, 7) is 1.54. The molecule has 7 heteroatoms. The van der Waals surface area contributed by atoms with Crippen LogP contribution in [-0.2, 0) is 4.79 Å². The Balaban J connectivity index is 2.34. The van der Waals surface area contributed by atoms with Gasteiger partial charge in [0.15, 0.2) is 0 Å². The standard InChI is InChI=1S/C9H14F4N2O/c10-7(11)9(12,13)8(16)15-5-6-1-3-14-4-2-6/h6-7,14H,1-5H2,(H,15,16). The molecule has 2 N–H and O–H groups in total. The molecule has 0 spiro atoms. The van der Waals surface area contributed by atoms with Gasteiger partial charge in [0.2, 0.25) is 0 Å². The highest BCUT2D eigenvalue weighted by Gasteiger charge is 2.48. The first kappa shape index (κ1) is 13.2. The van der Waals surface area contributed by atoms with Crippen molar-refractivity contribution in [3.8, 4) is 0 Å². The molecule has 0 radical (unpaired) electrons. The van der Waals surface area contributed by atoms with Crippen molar-refractivity contribution in [3.05, 3.63) is 0 Å². The SMILES string of the molecule is O=C(NCC1CCNCC1)C(F)(F)C(F)F. The molecule has 0 bridgehead atoms. The third kappa shape index (κ3) is 3.33. The number of halogens is 4. The lowest BCUT2D eigenvalue weighted by molar-refractivity contribution is -0.169. The van der Waals surface area contributed by atoms with Crippen LogP contribution in [0.4, 0.5) is 17.6 Å². The molecule has 0 saturated carbocycles. The minimum absolute atomic E-state index is 0.0306. The molecule has 1 aliphatic heterocycles. The maximum atomic E-state index is 12.5. The molecule has 1 saturated heterocycles. The molecule has 0 aromatic heterocycles. The lowest BCUT2D eigenvalue weighted by Gasteiger charge is -2.23. The Hall–Kier alpha value is -0.850. The monoisotopic (exact) mass is 242 g/mol. The Morgan fingerprint density at radius 2 is 1.94 bits per heavy atom. The normalized spacial score (nSPS) is 18.8. The molecule has 94 valence electrons. The average molecular weight is 242 g/mol. The van der Waals surface area contributed by atoms with Crippen LogP contribution in [0.3, 0.4) is 0 Å². The minimum Gasteiger partial charge on any atom is -0.350 e. The number of hydrogen-bond acceptors (Lipinski definition) is 2. The zero-order valence-electron chi connectivity index (χ0n) is 8.61. The van der Waals surface area contributed by atoms with Gasteiger partial charge in [-0.3, -0.25) is 4.79 Å². The highest BCUT2D eigenvalue weighted by atomic mass is 19.3. The number of alkyl halides is 4. The van der Waals surface area contributed by atoms with Crippen LogP contribution < -0.4 is 10.6 Å². The predicted molar refractivity (Wildman–Crippen MR) is 49.6 cm³/mol. The molecule has 1 aliphatic rings. The van der Waals surface area contributed by atoms with Gasteiger partial charge in [-0.2, -0.15) is 8.78 Å². The van der Waals surface area contributed by atoms with Crippen LogP contribution in [-0.4, -0.2) is 37.9 Å². The van der Waals surface area contributed by atoms with E-state index in [0.29, 0.717) is 0 Å². The van der Waals surface area contributed by atoms with Crippen LogP contribution in [0.15, 0.2) is 0 Å². The third-order valence-electron chi connectivity index (χ3n) is 2.59. The summed E-state index contributed by atoms with van der Waals surface area (Å²) in [6, 6.07) is 0. The molecule has 1 amide bonds. The lowest BCUT2D eigenvalue weighted by atomic mass is 9.98. The molecule has 0 aliphatic carbocycles. The number of rotatable bonds is 4. The van der Waals surface area contributed by atoms with Crippen molar-refractivity contribution in [3.63, 3.8) is 0 Å². The van der Waals surface area contributed by atoms with Crippen molar-refractivity contribution >= 4 is 5.91 Å². The maximum Gasteiger partial charge on any atom is 0.383 e. The second kappa shape index (κ2) is 5.47. The summed E-state index contributed by atoms with van der Waals surface area (Å²) in [4.78, 5) is 10.8. The highest BCUT2D eigenvalue weighted by molar-refractivity contribution is 5.83. The molecule has 0 aromatic carbocycles. The molecule has 0 atom stereocenters. The molecule has 1 rings (SSSR count). The molecule has 3 nitrogen and oxygen atoms in total. The fourth-order valence-corrected chi connectivity index (χ4v) is 1.54. The summed E-state index contributed by atoms with van der Waals surface area (Å²) in [5.74, 6) is -6.40. The van der Waals surface area contributed by atoms with E-state index in [2.05, 4.69) is 5.32 Å². The minimum atomic E-state index is -4.59. The van der Waals surface area contributed by atoms with Gasteiger partial charge in [0.1, 0.15) is 0 Å². The fourth-order valence-electron chi connectivity index (χ4n) is 1.54. The van der Waals surface area contributed by atoms with Gasteiger partial charge in [0.05, 0.1) is 0 Å². The number of carbonyl (C=O) groups is 1. The summed E-state index contributed by atoms with van der Waals surface area (Å²) >= 11 is 0. The predicted octanol–water partition coefficient (Wildman–Crippen LogP) is 1.00. The van der Waals surface area contributed by atoms with Gasteiger partial charge in [-0.05, 0) is 31.8 Å². The van der Waals surface area contributed by atoms with Crippen LogP contribution in [0.2, 0.25) is 0 Å². The van der Waals surface area contributed by atoms with Crippen LogP contribution in [0.1, 0.15) is 12.8 Å². The van der Waals surface area contributed by atoms with E-state index in [1.807, 2.05) is 5.32 Å². The molecular formula is C9H14F4N2O. The van der Waals surface area contributed by atoms with Crippen molar-refractivity contribution < 1.29 is 22.4 Å². The van der Waals surface area contributed by atoms with Crippen LogP contribution >= 0.6 is 0 Å². The highest BCUT2D eigenvalue weighted by Crippen LogP contribution is 2.23. The van der Waals surface area contributed by atoms with Gasteiger partial charge in [0, 0.05) is 6.54 Å². The van der Waals surface area contributed by atoms with E-state index in [9.17, 15) is 22.4 Å². The van der Waals surface area contributed by atoms with E-state index in [1.165, 1.54) is 0 Å². The molecule has 0 unspecified atom stereocenters. The Kier molecular flexibility index (Phi) is 4.52. The van der Waals surface area contributed by atoms with Crippen LogP contribution in [0.5, 0.6) is 0 Å². The number of carbonyl (C=O) groups excluding carboxylic acids is 1. The second-order valence-corrected chi connectivity index (χ2v) is 3.83. The number of hydrogen-bond donors (Lipinski definition) is 2. The van der Waals surface area contributed by atoms with E-state index >= 15 is 0 Å². The number of piperidine rings is 1. The molecule has 0 aromatic rings. The van der Waals surface area contributed by atoms with Gasteiger partial charge in [-0.1, -0.05) is 0 Å². The molecule has 16 heavy (non-hydrogen) atoms. The van der Waals surface area contributed by atoms with E-state index < -0.39 is 18.3 Å². The van der Waals surface area contributed by atoms with Crippen molar-refractivity contribution in [1.29, 1.82) is 0 Å². The second-order valence-electron chi connectivity index (χ2n) is 3.83. The number of amides is 1. The summed E-state index contributed by atoms with van der Waals surface area (Å²) in [5, 5.41) is 4.95. The Morgan fingerprint density at radius 1 is 1.38 bits per heavy atom. The largest absolute Gasteiger partial charge is 0.383 e. The molecular weight excluding hydrogens is 228 g/mol. The molecule has 1 heterocycles. The fraction of sp³-hybridized carbons (Fsp3) is 0.889. The Labute approximate surface area is 90.6 Å². The zero-order chi connectivity index (χ0) is 12.2. The zero-order valence-corrected chi connectivity index (χ0v) is 8.61. The third-order valence-corrected chi connectivity index (χ3v) is 2.59. The van der Waals surface area contributed by atoms with Crippen molar-refractivity contribution in [2.45, 2.75) is 25.2 Å². The summed E-state index contributed by atoms with van der Waals surface area (Å²) < 4.78 is 48.7. The smallest absolute Gasteiger partial charge is 0.350 e. The Bertz CT molecular complexity index is 242. The van der Waals surface area contributed by atoms with Gasteiger partial charge >= 0.3 is 12.3 Å². The van der Waals surface area contributed by atoms with Crippen LogP contribution in [0, 0.1) is 5.92 Å². The van der Waals surface area contributed by atoms with Gasteiger partial charge in [-0.25, -0.2) is 8.78 Å². The van der Waals surface area contributed by atoms with E-state index in [0.717, 1.165) is 25.9 Å². The van der Waals surface area contributed by atoms with Crippen molar-refractivity contribution in [2.24, 2.45) is 5.92 Å². The van der Waals surface area contributed by atoms with Gasteiger partial charge < -0.3 is 10.6 Å². The quantitative estimate of drug-likeness (QED) is 0.722. The van der Waals surface area contributed by atoms with Crippen molar-refractivity contribution in [1.82, 2.24) is 10.6 Å². The topological polar surface area (TPSA) is 41.1 Å². The summed E-state index contributed by atoms with van der Waals surface area (Å²) in [5.41, 5.74) is 0. The van der Waals surface area contributed by atoms with E-state index in [4.69, 9.17) is 0 Å². The number of nitrogens with one attached hydrogen (secondary N) is 2. The average Bonchev–Trinajstić information content (AvgIpc) is 2.27. The lowest BCUT2D eigenvalue weighted by Crippen LogP contribution is -2.47. The van der Waals surface area contributed by atoms with Gasteiger partial charge in [-0.15, -0.1) is 0 Å². The first-order chi connectivity index (χ1) is 7.44. The van der Waals surface area contributed by atoms with Crippen LogP contribution in [0.25, 0.3) is 0 Å². The first-order valence-corrected chi connectivity index (χ1v) is 5.09. The molecule has 1 fully saturated rings. The first-order valence-electron chi connectivity index (χ1n) is 5.09. The van der Waals surface area contributed by atoms with E-state index in [-0.39, 0.29) is 12.5 Å². The van der Waals surface area contributed by atoms with Crippen molar-refractivity contribution in [2.75, 3.05) is 19.6 Å². The summed E-state index contributed by atoms with van der Waals surface area (Å²) in [6.07, 6.45) is -2.46. The Morgan fingerprint density at radius 3 is 2.44 bits per heavy atom. The van der Waals surface area contributed by atoms with Gasteiger partial charge in [0.25, 0.3) is 5.91 Å².